The molecule has 3 aromatic rings. The minimum atomic E-state index is 0.724. The van der Waals surface area contributed by atoms with E-state index in [-0.39, 0.29) is 0 Å². The van der Waals surface area contributed by atoms with Gasteiger partial charge >= 0.3 is 0 Å². The van der Waals surface area contributed by atoms with Crippen LogP contribution < -0.4 is 0 Å². The van der Waals surface area contributed by atoms with E-state index in [0.717, 1.165) is 27.2 Å². The summed E-state index contributed by atoms with van der Waals surface area (Å²) >= 11 is 6.26. The van der Waals surface area contributed by atoms with E-state index >= 15 is 0 Å². The monoisotopic (exact) mass is 243 g/mol. The SMILES string of the molecule is Cn1cc(-c2ccncc2)c2c(Cl)ccnc21. The topological polar surface area (TPSA) is 30.7 Å². The Hall–Kier alpha value is -1.87. The summed E-state index contributed by atoms with van der Waals surface area (Å²) in [5.41, 5.74) is 3.08. The first-order valence-electron chi connectivity index (χ1n) is 5.27. The molecule has 3 aromatic heterocycles. The summed E-state index contributed by atoms with van der Waals surface area (Å²) in [6.45, 7) is 0. The first kappa shape index (κ1) is 10.3. The molecule has 0 aliphatic carbocycles. The van der Waals surface area contributed by atoms with E-state index in [4.69, 9.17) is 11.6 Å². The lowest BCUT2D eigenvalue weighted by Crippen LogP contribution is -1.86. The lowest BCUT2D eigenvalue weighted by Gasteiger charge is -1.99. The maximum Gasteiger partial charge on any atom is 0.141 e. The van der Waals surface area contributed by atoms with E-state index in [9.17, 15) is 0 Å². The van der Waals surface area contributed by atoms with Crippen LogP contribution in [0.25, 0.3) is 22.2 Å². The van der Waals surface area contributed by atoms with E-state index in [2.05, 4.69) is 9.97 Å². The largest absolute Gasteiger partial charge is 0.335 e. The highest BCUT2D eigenvalue weighted by atomic mass is 35.5. The van der Waals surface area contributed by atoms with Gasteiger partial charge in [0.05, 0.1) is 5.02 Å². The van der Waals surface area contributed by atoms with Gasteiger partial charge in [-0.05, 0) is 23.8 Å². The molecule has 0 radical (unpaired) electrons. The molecule has 3 rings (SSSR count). The maximum absolute atomic E-state index is 6.26. The zero-order valence-corrected chi connectivity index (χ0v) is 10.0. The van der Waals surface area contributed by atoms with Crippen molar-refractivity contribution in [2.24, 2.45) is 7.05 Å². The Kier molecular flexibility index (Phi) is 2.34. The highest BCUT2D eigenvalue weighted by molar-refractivity contribution is 6.36. The molecule has 4 heteroatoms. The number of fused-ring (bicyclic) bond motifs is 1. The van der Waals surface area contributed by atoms with Crippen LogP contribution in [0.1, 0.15) is 0 Å². The minimum absolute atomic E-state index is 0.724. The minimum Gasteiger partial charge on any atom is -0.335 e. The highest BCUT2D eigenvalue weighted by Gasteiger charge is 2.12. The van der Waals surface area contributed by atoms with Crippen LogP contribution in [0.3, 0.4) is 0 Å². The maximum atomic E-state index is 6.26. The van der Waals surface area contributed by atoms with Crippen LogP contribution in [0, 0.1) is 0 Å². The molecule has 17 heavy (non-hydrogen) atoms. The fraction of sp³-hybridized carbons (Fsp3) is 0.0769. The lowest BCUT2D eigenvalue weighted by atomic mass is 10.1. The molecule has 0 amide bonds. The second kappa shape index (κ2) is 3.86. The Balaban J connectivity index is 2.38. The molecule has 0 bridgehead atoms. The van der Waals surface area contributed by atoms with Crippen molar-refractivity contribution in [1.29, 1.82) is 0 Å². The van der Waals surface area contributed by atoms with Crippen LogP contribution in [-0.4, -0.2) is 14.5 Å². The fourth-order valence-corrected chi connectivity index (χ4v) is 2.26. The molecular formula is C13H10ClN3. The summed E-state index contributed by atoms with van der Waals surface area (Å²) in [6.07, 6.45) is 7.32. The first-order valence-corrected chi connectivity index (χ1v) is 5.65. The van der Waals surface area contributed by atoms with Crippen molar-refractivity contribution < 1.29 is 0 Å². The van der Waals surface area contributed by atoms with Crippen molar-refractivity contribution in [2.75, 3.05) is 0 Å². The van der Waals surface area contributed by atoms with Crippen molar-refractivity contribution >= 4 is 22.6 Å². The molecule has 0 aromatic carbocycles. The van der Waals surface area contributed by atoms with E-state index < -0.39 is 0 Å². The summed E-state index contributed by atoms with van der Waals surface area (Å²) in [6, 6.07) is 5.75. The molecule has 0 aliphatic heterocycles. The van der Waals surface area contributed by atoms with E-state index in [1.54, 1.807) is 18.6 Å². The quantitative estimate of drug-likeness (QED) is 0.657. The Morgan fingerprint density at radius 2 is 1.88 bits per heavy atom. The molecule has 0 fully saturated rings. The molecule has 0 saturated carbocycles. The van der Waals surface area contributed by atoms with Crippen molar-refractivity contribution in [1.82, 2.24) is 14.5 Å². The highest BCUT2D eigenvalue weighted by Crippen LogP contribution is 2.33. The second-order valence-corrected chi connectivity index (χ2v) is 4.29. The molecule has 0 spiro atoms. The third-order valence-electron chi connectivity index (χ3n) is 2.80. The summed E-state index contributed by atoms with van der Waals surface area (Å²) in [4.78, 5) is 8.38. The van der Waals surface area contributed by atoms with Crippen molar-refractivity contribution in [3.05, 3.63) is 48.0 Å². The molecule has 3 heterocycles. The van der Waals surface area contributed by atoms with Gasteiger partial charge < -0.3 is 4.57 Å². The van der Waals surface area contributed by atoms with Crippen molar-refractivity contribution in [2.45, 2.75) is 0 Å². The van der Waals surface area contributed by atoms with Gasteiger partial charge in [-0.15, -0.1) is 0 Å². The third-order valence-corrected chi connectivity index (χ3v) is 3.11. The van der Waals surface area contributed by atoms with Gasteiger partial charge in [0.1, 0.15) is 5.65 Å². The van der Waals surface area contributed by atoms with Crippen LogP contribution >= 0.6 is 11.6 Å². The van der Waals surface area contributed by atoms with E-state index in [1.807, 2.05) is 36.0 Å². The molecule has 0 atom stereocenters. The van der Waals surface area contributed by atoms with Crippen molar-refractivity contribution in [3.63, 3.8) is 0 Å². The van der Waals surface area contributed by atoms with Crippen LogP contribution in [0.5, 0.6) is 0 Å². The van der Waals surface area contributed by atoms with Gasteiger partial charge in [0.25, 0.3) is 0 Å². The predicted molar refractivity (Wildman–Crippen MR) is 69.0 cm³/mol. The number of rotatable bonds is 1. The number of aryl methyl sites for hydroxylation is 1. The number of halogens is 1. The lowest BCUT2D eigenvalue weighted by molar-refractivity contribution is 0.949. The Labute approximate surface area is 104 Å². The molecule has 3 nitrogen and oxygen atoms in total. The standard InChI is InChI=1S/C13H10ClN3/c1-17-8-10(9-2-5-15-6-3-9)12-11(14)4-7-16-13(12)17/h2-8H,1H3. The van der Waals surface area contributed by atoms with Gasteiger partial charge in [-0.25, -0.2) is 4.98 Å². The van der Waals surface area contributed by atoms with Gasteiger partial charge in [0.15, 0.2) is 0 Å². The molecule has 84 valence electrons. The normalized spacial score (nSPS) is 10.9. The first-order chi connectivity index (χ1) is 8.27. The zero-order chi connectivity index (χ0) is 11.8. The van der Waals surface area contributed by atoms with Crippen LogP contribution in [0.4, 0.5) is 0 Å². The van der Waals surface area contributed by atoms with Gasteiger partial charge in [0.2, 0.25) is 0 Å². The smallest absolute Gasteiger partial charge is 0.141 e. The molecular weight excluding hydrogens is 234 g/mol. The summed E-state index contributed by atoms with van der Waals surface area (Å²) in [5.74, 6) is 0. The summed E-state index contributed by atoms with van der Waals surface area (Å²) < 4.78 is 1.98. The average molecular weight is 244 g/mol. The molecule has 0 saturated heterocycles. The Morgan fingerprint density at radius 3 is 2.65 bits per heavy atom. The molecule has 0 aliphatic rings. The molecule has 0 N–H and O–H groups in total. The average Bonchev–Trinajstić information content (AvgIpc) is 2.70. The second-order valence-electron chi connectivity index (χ2n) is 3.88. The van der Waals surface area contributed by atoms with Crippen LogP contribution in [-0.2, 0) is 7.05 Å². The summed E-state index contributed by atoms with van der Waals surface area (Å²) in [5, 5.41) is 1.71. The Morgan fingerprint density at radius 1 is 1.12 bits per heavy atom. The zero-order valence-electron chi connectivity index (χ0n) is 9.26. The third kappa shape index (κ3) is 1.59. The van der Waals surface area contributed by atoms with Gasteiger partial charge in [0, 0.05) is 42.8 Å². The number of aromatic nitrogens is 3. The number of nitrogens with zero attached hydrogens (tertiary/aromatic N) is 3. The fourth-order valence-electron chi connectivity index (χ4n) is 2.01. The van der Waals surface area contributed by atoms with Gasteiger partial charge in [-0.3, -0.25) is 4.98 Å². The van der Waals surface area contributed by atoms with Gasteiger partial charge in [-0.2, -0.15) is 0 Å². The van der Waals surface area contributed by atoms with Crippen LogP contribution in [0.15, 0.2) is 43.0 Å². The number of pyridine rings is 2. The van der Waals surface area contributed by atoms with Crippen LogP contribution in [0.2, 0.25) is 5.02 Å². The van der Waals surface area contributed by atoms with Crippen molar-refractivity contribution in [3.8, 4) is 11.1 Å². The van der Waals surface area contributed by atoms with Gasteiger partial charge in [-0.1, -0.05) is 11.6 Å². The number of hydrogen-bond donors (Lipinski definition) is 0. The van der Waals surface area contributed by atoms with E-state index in [1.165, 1.54) is 0 Å². The molecule has 0 unspecified atom stereocenters. The summed E-state index contributed by atoms with van der Waals surface area (Å²) in [7, 11) is 1.97. The van der Waals surface area contributed by atoms with E-state index in [0.29, 0.717) is 0 Å². The predicted octanol–water partition coefficient (Wildman–Crippen LogP) is 3.29. The Bertz CT molecular complexity index is 674. The number of hydrogen-bond acceptors (Lipinski definition) is 2.